The minimum Gasteiger partial charge on any atom is -0.322 e. The van der Waals surface area contributed by atoms with Gasteiger partial charge in [-0.3, -0.25) is 4.79 Å². The number of amides is 1. The van der Waals surface area contributed by atoms with Crippen LogP contribution in [0.4, 0.5) is 14.5 Å². The van der Waals surface area contributed by atoms with Crippen molar-refractivity contribution in [2.24, 2.45) is 0 Å². The summed E-state index contributed by atoms with van der Waals surface area (Å²) in [5.74, 6) is -0.718. The second-order valence-electron chi connectivity index (χ2n) is 6.23. The van der Waals surface area contributed by atoms with Gasteiger partial charge in [-0.15, -0.1) is 0 Å². The maximum atomic E-state index is 13.5. The van der Waals surface area contributed by atoms with Crippen molar-refractivity contribution in [1.29, 1.82) is 0 Å². The van der Waals surface area contributed by atoms with Crippen LogP contribution in [0, 0.1) is 18.6 Å². The van der Waals surface area contributed by atoms with Gasteiger partial charge in [0.2, 0.25) is 0 Å². The van der Waals surface area contributed by atoms with Crippen molar-refractivity contribution in [2.45, 2.75) is 6.92 Å². The summed E-state index contributed by atoms with van der Waals surface area (Å²) in [5.41, 5.74) is 1.78. The number of rotatable bonds is 4. The molecule has 0 spiro atoms. The summed E-state index contributed by atoms with van der Waals surface area (Å²) in [7, 11) is 0. The van der Waals surface area contributed by atoms with E-state index in [1.165, 1.54) is 30.3 Å². The smallest absolute Gasteiger partial charge is 0.261 e. The number of benzene rings is 2. The van der Waals surface area contributed by atoms with Crippen LogP contribution in [0.1, 0.15) is 16.1 Å². The van der Waals surface area contributed by atoms with Gasteiger partial charge in [0.25, 0.3) is 5.91 Å². The van der Waals surface area contributed by atoms with Gasteiger partial charge in [0.15, 0.2) is 5.82 Å². The van der Waals surface area contributed by atoms with Crippen molar-refractivity contribution in [3.8, 4) is 11.5 Å². The molecule has 2 aromatic heterocycles. The predicted molar refractivity (Wildman–Crippen MR) is 102 cm³/mol. The third kappa shape index (κ3) is 3.29. The molecule has 0 atom stereocenters. The number of carbonyl (C=O) groups excluding carboxylic acids is 1. The fraction of sp³-hybridized carbons (Fsp3) is 0.0476. The summed E-state index contributed by atoms with van der Waals surface area (Å²) < 4.78 is 30.1. The number of nitrogens with one attached hydrogen (secondary N) is 1. The fourth-order valence-corrected chi connectivity index (χ4v) is 3.02. The molecule has 0 bridgehead atoms. The Balaban J connectivity index is 1.83. The second kappa shape index (κ2) is 7.11. The van der Waals surface area contributed by atoms with Crippen LogP contribution in [-0.2, 0) is 0 Å². The van der Waals surface area contributed by atoms with Crippen molar-refractivity contribution >= 4 is 11.6 Å². The summed E-state index contributed by atoms with van der Waals surface area (Å²) in [5, 5.41) is 7.20. The van der Waals surface area contributed by atoms with Crippen LogP contribution in [0.3, 0.4) is 0 Å². The Labute approximate surface area is 159 Å². The number of aromatic nitrogens is 3. The van der Waals surface area contributed by atoms with E-state index < -0.39 is 11.7 Å². The Morgan fingerprint density at radius 1 is 0.964 bits per heavy atom. The predicted octanol–water partition coefficient (Wildman–Crippen LogP) is 4.50. The van der Waals surface area contributed by atoms with Gasteiger partial charge < -0.3 is 9.88 Å². The van der Waals surface area contributed by atoms with Gasteiger partial charge in [-0.1, -0.05) is 6.07 Å². The molecule has 0 saturated heterocycles. The minimum atomic E-state index is -0.442. The van der Waals surface area contributed by atoms with Gasteiger partial charge in [-0.25, -0.2) is 13.5 Å². The lowest BCUT2D eigenvalue weighted by Crippen LogP contribution is -2.16. The lowest BCUT2D eigenvalue weighted by atomic mass is 10.2. The molecule has 4 aromatic rings. The largest absolute Gasteiger partial charge is 0.322 e. The molecule has 28 heavy (non-hydrogen) atoms. The van der Waals surface area contributed by atoms with E-state index in [0.717, 1.165) is 0 Å². The lowest BCUT2D eigenvalue weighted by Gasteiger charge is -2.11. The molecule has 5 nitrogen and oxygen atoms in total. The van der Waals surface area contributed by atoms with Gasteiger partial charge in [-0.05, 0) is 61.5 Å². The van der Waals surface area contributed by atoms with E-state index in [9.17, 15) is 13.6 Å². The first-order valence-electron chi connectivity index (χ1n) is 8.59. The lowest BCUT2D eigenvalue weighted by molar-refractivity contribution is 0.102. The van der Waals surface area contributed by atoms with Crippen LogP contribution >= 0.6 is 0 Å². The summed E-state index contributed by atoms with van der Waals surface area (Å²) in [6.07, 6.45) is 3.57. The number of anilines is 1. The Morgan fingerprint density at radius 3 is 2.36 bits per heavy atom. The molecule has 7 heteroatoms. The molecule has 1 amide bonds. The molecular weight excluding hydrogens is 362 g/mol. The van der Waals surface area contributed by atoms with Gasteiger partial charge in [0.1, 0.15) is 17.2 Å². The van der Waals surface area contributed by atoms with Crippen LogP contribution < -0.4 is 5.32 Å². The molecule has 0 aliphatic heterocycles. The van der Waals surface area contributed by atoms with Crippen LogP contribution in [0.15, 0.2) is 73.1 Å². The van der Waals surface area contributed by atoms with E-state index in [4.69, 9.17) is 0 Å². The van der Waals surface area contributed by atoms with E-state index in [1.807, 2.05) is 12.1 Å². The van der Waals surface area contributed by atoms with E-state index in [0.29, 0.717) is 28.5 Å². The third-order valence-electron chi connectivity index (χ3n) is 4.27. The zero-order valence-corrected chi connectivity index (χ0v) is 14.9. The first-order valence-corrected chi connectivity index (χ1v) is 8.59. The molecule has 0 radical (unpaired) electrons. The van der Waals surface area contributed by atoms with Crippen LogP contribution in [-0.4, -0.2) is 20.3 Å². The number of nitrogens with zero attached hydrogens (tertiary/aromatic N) is 3. The molecule has 1 N–H and O–H groups in total. The van der Waals surface area contributed by atoms with E-state index >= 15 is 0 Å². The number of hydrogen-bond acceptors (Lipinski definition) is 2. The van der Waals surface area contributed by atoms with Crippen molar-refractivity contribution in [3.05, 3.63) is 95.9 Å². The van der Waals surface area contributed by atoms with E-state index in [2.05, 4.69) is 10.4 Å². The molecule has 140 valence electrons. The molecular formula is C21H16F2N4O. The number of hydrogen-bond donors (Lipinski definition) is 1. The van der Waals surface area contributed by atoms with Gasteiger partial charge in [0, 0.05) is 18.1 Å². The monoisotopic (exact) mass is 378 g/mol. The molecule has 0 fully saturated rings. The van der Waals surface area contributed by atoms with Crippen molar-refractivity contribution in [2.75, 3.05) is 5.32 Å². The molecule has 0 saturated carbocycles. The Kier molecular flexibility index (Phi) is 4.49. The van der Waals surface area contributed by atoms with Crippen LogP contribution in [0.2, 0.25) is 0 Å². The summed E-state index contributed by atoms with van der Waals surface area (Å²) >= 11 is 0. The third-order valence-corrected chi connectivity index (χ3v) is 4.27. The minimum absolute atomic E-state index is 0.338. The Hall–Kier alpha value is -3.74. The van der Waals surface area contributed by atoms with Crippen molar-refractivity contribution in [1.82, 2.24) is 14.3 Å². The summed E-state index contributed by atoms with van der Waals surface area (Å²) in [6, 6.07) is 15.2. The second-order valence-corrected chi connectivity index (χ2v) is 6.23. The molecule has 2 heterocycles. The number of halogens is 2. The van der Waals surface area contributed by atoms with Crippen molar-refractivity contribution < 1.29 is 13.6 Å². The molecule has 4 rings (SSSR count). The molecule has 0 unspecified atom stereocenters. The SMILES string of the molecule is Cc1nn(-c2ccc(F)cc2)c(-n2cccc2)c1C(=O)Nc1cccc(F)c1. The first kappa shape index (κ1) is 17.7. The highest BCUT2D eigenvalue weighted by Crippen LogP contribution is 2.24. The van der Waals surface area contributed by atoms with E-state index in [-0.39, 0.29) is 5.82 Å². The number of aryl methyl sites for hydroxylation is 1. The quantitative estimate of drug-likeness (QED) is 0.568. The number of carbonyl (C=O) groups is 1. The van der Waals surface area contributed by atoms with Gasteiger partial charge in [0.05, 0.1) is 11.4 Å². The zero-order chi connectivity index (χ0) is 19.7. The highest BCUT2D eigenvalue weighted by molar-refractivity contribution is 6.07. The van der Waals surface area contributed by atoms with Crippen LogP contribution in [0.5, 0.6) is 0 Å². The summed E-state index contributed by atoms with van der Waals surface area (Å²) in [6.45, 7) is 1.72. The standard InChI is InChI=1S/C21H16F2N4O/c1-14-19(20(28)24-17-6-4-5-16(23)13-17)21(26-11-2-3-12-26)27(25-14)18-9-7-15(22)8-10-18/h2-13H,1H3,(H,24,28). The average Bonchev–Trinajstić information content (AvgIpc) is 3.30. The Bertz CT molecular complexity index is 1130. The highest BCUT2D eigenvalue weighted by Gasteiger charge is 2.24. The van der Waals surface area contributed by atoms with E-state index in [1.54, 1.807) is 46.8 Å². The average molecular weight is 378 g/mol. The fourth-order valence-electron chi connectivity index (χ4n) is 3.02. The van der Waals surface area contributed by atoms with Crippen molar-refractivity contribution in [3.63, 3.8) is 0 Å². The highest BCUT2D eigenvalue weighted by atomic mass is 19.1. The van der Waals surface area contributed by atoms with Gasteiger partial charge >= 0.3 is 0 Å². The molecule has 0 aliphatic rings. The molecule has 2 aromatic carbocycles. The zero-order valence-electron chi connectivity index (χ0n) is 14.9. The molecule has 0 aliphatic carbocycles. The van der Waals surface area contributed by atoms with Crippen LogP contribution in [0.25, 0.3) is 11.5 Å². The normalized spacial score (nSPS) is 10.8. The summed E-state index contributed by atoms with van der Waals surface area (Å²) in [4.78, 5) is 13.0. The maximum absolute atomic E-state index is 13.5. The van der Waals surface area contributed by atoms with Gasteiger partial charge in [-0.2, -0.15) is 5.10 Å². The Morgan fingerprint density at radius 2 is 1.68 bits per heavy atom. The first-order chi connectivity index (χ1) is 13.5. The topological polar surface area (TPSA) is 51.9 Å². The maximum Gasteiger partial charge on any atom is 0.261 e.